The summed E-state index contributed by atoms with van der Waals surface area (Å²) in [7, 11) is 0. The van der Waals surface area contributed by atoms with Crippen LogP contribution in [0.5, 0.6) is 0 Å². The van der Waals surface area contributed by atoms with Crippen molar-refractivity contribution in [2.75, 3.05) is 0 Å². The fraction of sp³-hybridized carbons (Fsp3) is 0.462. The maximum atomic E-state index is 11.6. The van der Waals surface area contributed by atoms with Gasteiger partial charge in [-0.05, 0) is 26.0 Å². The van der Waals surface area contributed by atoms with E-state index in [9.17, 15) is 9.90 Å². The second-order valence-corrected chi connectivity index (χ2v) is 4.06. The molecule has 17 heavy (non-hydrogen) atoms. The molecule has 0 aromatic heterocycles. The molecule has 0 spiro atoms. The van der Waals surface area contributed by atoms with E-state index < -0.39 is 24.3 Å². The van der Waals surface area contributed by atoms with Gasteiger partial charge in [0.2, 0.25) is 0 Å². The highest BCUT2D eigenvalue weighted by atomic mass is 16.6. The Morgan fingerprint density at radius 2 is 1.88 bits per heavy atom. The van der Waals surface area contributed by atoms with Crippen LogP contribution in [0, 0.1) is 0 Å². The quantitative estimate of drug-likeness (QED) is 0.576. The van der Waals surface area contributed by atoms with Gasteiger partial charge in [-0.2, -0.15) is 0 Å². The van der Waals surface area contributed by atoms with Gasteiger partial charge in [0, 0.05) is 0 Å². The van der Waals surface area contributed by atoms with Crippen molar-refractivity contribution < 1.29 is 19.4 Å². The molecule has 4 nitrogen and oxygen atoms in total. The lowest BCUT2D eigenvalue weighted by molar-refractivity contribution is -0.138. The predicted molar refractivity (Wildman–Crippen MR) is 62.3 cm³/mol. The number of cyclic esters (lactones) is 1. The summed E-state index contributed by atoms with van der Waals surface area (Å²) in [5.74, 6) is -0.406. The van der Waals surface area contributed by atoms with Crippen LogP contribution in [0.15, 0.2) is 36.0 Å². The molecule has 1 fully saturated rings. The molecular formula is C13H16O4. The van der Waals surface area contributed by atoms with Crippen molar-refractivity contribution in [3.05, 3.63) is 36.0 Å². The molecule has 0 aliphatic carbocycles. The highest BCUT2D eigenvalue weighted by Gasteiger charge is 2.44. The molecule has 0 saturated carbocycles. The van der Waals surface area contributed by atoms with Crippen LogP contribution < -0.4 is 0 Å². The number of aliphatic hydroxyl groups is 1. The minimum atomic E-state index is -0.797. The van der Waals surface area contributed by atoms with Gasteiger partial charge in [0.15, 0.2) is 6.10 Å². The first-order valence-electron chi connectivity index (χ1n) is 5.69. The van der Waals surface area contributed by atoms with Crippen LogP contribution in [0.4, 0.5) is 0 Å². The van der Waals surface area contributed by atoms with Crippen molar-refractivity contribution in [2.24, 2.45) is 0 Å². The third kappa shape index (κ3) is 2.18. The minimum Gasteiger partial charge on any atom is -0.452 e. The molecule has 0 bridgehead atoms. The fourth-order valence-electron chi connectivity index (χ4n) is 2.07. The first kappa shape index (κ1) is 12.1. The van der Waals surface area contributed by atoms with Crippen molar-refractivity contribution in [1.29, 1.82) is 0 Å². The number of allylic oxidation sites excluding steroid dienone is 2. The Kier molecular flexibility index (Phi) is 3.45. The molecule has 2 aliphatic rings. The normalized spacial score (nSPS) is 37.4. The monoisotopic (exact) mass is 236 g/mol. The lowest BCUT2D eigenvalue weighted by atomic mass is 9.99. The summed E-state index contributed by atoms with van der Waals surface area (Å²) in [5.41, 5.74) is 0.418. The molecular weight excluding hydrogens is 220 g/mol. The molecule has 4 heteroatoms. The SMILES string of the molecule is C/C=C/[C@@H]1OC(=O)C2=C[C@@H](O)[C@@H](/C=C/C)O[C@H]21. The number of ether oxygens (including phenoxy) is 2. The zero-order valence-electron chi connectivity index (χ0n) is 9.87. The van der Waals surface area contributed by atoms with Gasteiger partial charge < -0.3 is 14.6 Å². The van der Waals surface area contributed by atoms with Crippen LogP contribution in [0.1, 0.15) is 13.8 Å². The standard InChI is InChI=1S/C13H16O4/c1-3-5-10-9(14)7-8-12(16-10)11(6-4-2)17-13(8)15/h3-7,9-12,14H,1-2H3/b5-3+,6-4+/t9-,10-,11+,12-/m1/s1. The first-order valence-corrected chi connectivity index (χ1v) is 5.69. The van der Waals surface area contributed by atoms with E-state index in [4.69, 9.17) is 9.47 Å². The van der Waals surface area contributed by atoms with Crippen LogP contribution in [0.2, 0.25) is 0 Å². The molecule has 1 saturated heterocycles. The van der Waals surface area contributed by atoms with E-state index in [0.29, 0.717) is 5.57 Å². The maximum Gasteiger partial charge on any atom is 0.337 e. The number of rotatable bonds is 2. The zero-order valence-corrected chi connectivity index (χ0v) is 9.87. The Morgan fingerprint density at radius 3 is 2.53 bits per heavy atom. The second kappa shape index (κ2) is 4.85. The van der Waals surface area contributed by atoms with E-state index in [-0.39, 0.29) is 6.10 Å². The van der Waals surface area contributed by atoms with Crippen LogP contribution in [-0.4, -0.2) is 35.5 Å². The lowest BCUT2D eigenvalue weighted by Crippen LogP contribution is -2.39. The van der Waals surface area contributed by atoms with E-state index in [0.717, 1.165) is 0 Å². The Morgan fingerprint density at radius 1 is 1.24 bits per heavy atom. The molecule has 2 aliphatic heterocycles. The van der Waals surface area contributed by atoms with Gasteiger partial charge in [0.05, 0.1) is 5.57 Å². The van der Waals surface area contributed by atoms with Crippen LogP contribution >= 0.6 is 0 Å². The summed E-state index contributed by atoms with van der Waals surface area (Å²) in [6, 6.07) is 0. The number of aliphatic hydroxyl groups excluding tert-OH is 1. The molecule has 4 atom stereocenters. The third-order valence-electron chi connectivity index (χ3n) is 2.84. The van der Waals surface area contributed by atoms with Gasteiger partial charge in [-0.3, -0.25) is 0 Å². The van der Waals surface area contributed by atoms with Crippen molar-refractivity contribution in [3.63, 3.8) is 0 Å². The van der Waals surface area contributed by atoms with Crippen LogP contribution in [-0.2, 0) is 14.3 Å². The molecule has 0 aromatic rings. The van der Waals surface area contributed by atoms with E-state index in [1.807, 2.05) is 26.0 Å². The number of fused-ring (bicyclic) bond motifs is 1. The van der Waals surface area contributed by atoms with Crippen molar-refractivity contribution in [3.8, 4) is 0 Å². The Hall–Kier alpha value is -1.39. The van der Waals surface area contributed by atoms with Gasteiger partial charge in [0.1, 0.15) is 18.3 Å². The summed E-state index contributed by atoms with van der Waals surface area (Å²) < 4.78 is 10.9. The zero-order chi connectivity index (χ0) is 12.4. The molecule has 0 aromatic carbocycles. The summed E-state index contributed by atoms with van der Waals surface area (Å²) in [4.78, 5) is 11.6. The van der Waals surface area contributed by atoms with Gasteiger partial charge in [-0.25, -0.2) is 4.79 Å². The highest BCUT2D eigenvalue weighted by Crippen LogP contribution is 2.31. The van der Waals surface area contributed by atoms with Crippen LogP contribution in [0.25, 0.3) is 0 Å². The molecule has 0 unspecified atom stereocenters. The van der Waals surface area contributed by atoms with E-state index in [1.54, 1.807) is 12.2 Å². The lowest BCUT2D eigenvalue weighted by Gasteiger charge is -2.28. The maximum absolute atomic E-state index is 11.6. The number of carbonyl (C=O) groups is 1. The average molecular weight is 236 g/mol. The van der Waals surface area contributed by atoms with E-state index >= 15 is 0 Å². The highest BCUT2D eigenvalue weighted by molar-refractivity contribution is 5.92. The molecule has 1 N–H and O–H groups in total. The number of esters is 1. The molecule has 0 radical (unpaired) electrons. The van der Waals surface area contributed by atoms with Crippen molar-refractivity contribution in [1.82, 2.24) is 0 Å². The molecule has 0 amide bonds. The number of hydrogen-bond donors (Lipinski definition) is 1. The minimum absolute atomic E-state index is 0.390. The summed E-state index contributed by atoms with van der Waals surface area (Å²) >= 11 is 0. The van der Waals surface area contributed by atoms with Crippen LogP contribution in [0.3, 0.4) is 0 Å². The van der Waals surface area contributed by atoms with Gasteiger partial charge in [-0.1, -0.05) is 18.2 Å². The Labute approximate surface area is 100 Å². The topological polar surface area (TPSA) is 55.8 Å². The predicted octanol–water partition coefficient (Wildman–Crippen LogP) is 1.12. The van der Waals surface area contributed by atoms with Crippen molar-refractivity contribution >= 4 is 5.97 Å². The fourth-order valence-corrected chi connectivity index (χ4v) is 2.07. The average Bonchev–Trinajstić information content (AvgIpc) is 2.58. The van der Waals surface area contributed by atoms with E-state index in [1.165, 1.54) is 6.08 Å². The van der Waals surface area contributed by atoms with Gasteiger partial charge >= 0.3 is 5.97 Å². The Balaban J connectivity index is 2.27. The Bertz CT molecular complexity index is 394. The number of hydrogen-bond acceptors (Lipinski definition) is 4. The smallest absolute Gasteiger partial charge is 0.337 e. The molecule has 2 heterocycles. The van der Waals surface area contributed by atoms with Gasteiger partial charge in [-0.15, -0.1) is 0 Å². The second-order valence-electron chi connectivity index (χ2n) is 4.06. The largest absolute Gasteiger partial charge is 0.452 e. The van der Waals surface area contributed by atoms with E-state index in [2.05, 4.69) is 0 Å². The summed E-state index contributed by atoms with van der Waals surface area (Å²) in [6.07, 6.45) is 6.70. The molecule has 92 valence electrons. The third-order valence-corrected chi connectivity index (χ3v) is 2.84. The summed E-state index contributed by atoms with van der Waals surface area (Å²) in [6.45, 7) is 3.71. The van der Waals surface area contributed by atoms with Crippen molar-refractivity contribution in [2.45, 2.75) is 38.3 Å². The summed E-state index contributed by atoms with van der Waals surface area (Å²) in [5, 5.41) is 9.80. The first-order chi connectivity index (χ1) is 8.17. The molecule has 2 rings (SSSR count). The van der Waals surface area contributed by atoms with Gasteiger partial charge in [0.25, 0.3) is 0 Å². The number of carbonyl (C=O) groups excluding carboxylic acids is 1.